The van der Waals surface area contributed by atoms with Crippen molar-refractivity contribution < 1.29 is 19.1 Å². The van der Waals surface area contributed by atoms with Crippen molar-refractivity contribution in [2.24, 2.45) is 0 Å². The number of hydrogen-bond acceptors (Lipinski definition) is 4. The molecule has 152 valence electrons. The monoisotopic (exact) mass is 392 g/mol. The Bertz CT molecular complexity index is 515. The molecule has 0 N–H and O–H groups in total. The summed E-state index contributed by atoms with van der Waals surface area (Å²) in [6.07, 6.45) is 15.8. The van der Waals surface area contributed by atoms with E-state index in [1.165, 1.54) is 0 Å². The Labute approximate surface area is 165 Å². The van der Waals surface area contributed by atoms with Crippen molar-refractivity contribution in [3.05, 3.63) is 22.5 Å². The van der Waals surface area contributed by atoms with Crippen LogP contribution in [-0.4, -0.2) is 32.5 Å². The molecule has 0 aliphatic heterocycles. The van der Waals surface area contributed by atoms with Gasteiger partial charge in [0.15, 0.2) is 0 Å². The third kappa shape index (κ3) is 5.34. The van der Waals surface area contributed by atoms with E-state index in [-0.39, 0.29) is 11.2 Å². The first-order valence-corrected chi connectivity index (χ1v) is 12.9. The number of ether oxygens (including phenoxy) is 2. The van der Waals surface area contributed by atoms with E-state index in [0.717, 1.165) is 87.4 Å². The van der Waals surface area contributed by atoms with Crippen LogP contribution >= 0.6 is 0 Å². The molecule has 5 heteroatoms. The van der Waals surface area contributed by atoms with Crippen molar-refractivity contribution in [3.63, 3.8) is 0 Å². The van der Waals surface area contributed by atoms with Gasteiger partial charge in [0.1, 0.15) is 0 Å². The second kappa shape index (κ2) is 11.5. The lowest BCUT2D eigenvalue weighted by molar-refractivity contribution is 0.159. The molecule has 0 bridgehead atoms. The average Bonchev–Trinajstić information content (AvgIpc) is 2.71. The fourth-order valence-corrected chi connectivity index (χ4v) is 8.28. The summed E-state index contributed by atoms with van der Waals surface area (Å²) < 4.78 is 11.4. The van der Waals surface area contributed by atoms with Crippen molar-refractivity contribution in [1.82, 2.24) is 0 Å². The summed E-state index contributed by atoms with van der Waals surface area (Å²) in [6.45, 7) is 4.94. The minimum Gasteiger partial charge on any atom is -0.469 e. The molecule has 0 aromatic heterocycles. The van der Waals surface area contributed by atoms with E-state index in [9.17, 15) is 9.59 Å². The number of allylic oxidation sites excluding steroid dienone is 4. The fourth-order valence-electron chi connectivity index (χ4n) is 4.01. The Morgan fingerprint density at radius 1 is 0.815 bits per heavy atom. The third-order valence-electron chi connectivity index (χ3n) is 5.62. The number of rotatable bonds is 10. The molecule has 27 heavy (non-hydrogen) atoms. The maximum absolute atomic E-state index is 13.5. The van der Waals surface area contributed by atoms with E-state index in [1.807, 2.05) is 0 Å². The molecule has 0 spiro atoms. The minimum absolute atomic E-state index is 0.279. The zero-order valence-corrected chi connectivity index (χ0v) is 18.2. The van der Waals surface area contributed by atoms with Crippen LogP contribution in [0.2, 0.25) is 0 Å². The average molecular weight is 393 g/mol. The summed E-state index contributed by atoms with van der Waals surface area (Å²) >= 11 is 0. The summed E-state index contributed by atoms with van der Waals surface area (Å²) in [5.41, 5.74) is -0.558. The quantitative estimate of drug-likeness (QED) is 0.312. The van der Waals surface area contributed by atoms with Crippen molar-refractivity contribution in [2.75, 3.05) is 13.2 Å². The van der Waals surface area contributed by atoms with Crippen LogP contribution in [0.4, 0.5) is 9.59 Å². The summed E-state index contributed by atoms with van der Waals surface area (Å²) in [6, 6.07) is 0. The summed E-state index contributed by atoms with van der Waals surface area (Å²) in [7, 11) is -3.30. The first kappa shape index (κ1) is 21.9. The Kier molecular flexibility index (Phi) is 9.32. The van der Waals surface area contributed by atoms with Gasteiger partial charge in [-0.15, -0.1) is 0 Å². The maximum Gasteiger partial charge on any atom is 0.362 e. The summed E-state index contributed by atoms with van der Waals surface area (Å²) in [5, 5.41) is 2.09. The highest BCUT2D eigenvalue weighted by Gasteiger charge is 2.58. The van der Waals surface area contributed by atoms with Gasteiger partial charge in [0.25, 0.3) is 11.2 Å². The molecule has 0 aromatic carbocycles. The van der Waals surface area contributed by atoms with Gasteiger partial charge in [-0.25, -0.2) is 0 Å². The molecule has 2 rings (SSSR count). The second-order valence-corrected chi connectivity index (χ2v) is 11.3. The third-order valence-corrected chi connectivity index (χ3v) is 9.97. The lowest BCUT2D eigenvalue weighted by Crippen LogP contribution is -2.58. The highest BCUT2D eigenvalue weighted by Crippen LogP contribution is 2.38. The predicted octanol–water partition coefficient (Wildman–Crippen LogP) is 6.55. The number of carbonyl (C=O) groups excluding carboxylic acids is 2. The molecule has 2 aliphatic carbocycles. The van der Waals surface area contributed by atoms with Gasteiger partial charge in [-0.05, 0) is 64.2 Å². The van der Waals surface area contributed by atoms with Crippen LogP contribution in [0.3, 0.4) is 0 Å². The van der Waals surface area contributed by atoms with Crippen LogP contribution in [-0.2, 0) is 9.47 Å². The van der Waals surface area contributed by atoms with Crippen molar-refractivity contribution in [1.29, 1.82) is 0 Å². The topological polar surface area (TPSA) is 52.6 Å². The summed E-state index contributed by atoms with van der Waals surface area (Å²) in [4.78, 5) is 26.9. The molecule has 0 aromatic rings. The first-order chi connectivity index (χ1) is 13.2. The van der Waals surface area contributed by atoms with E-state index in [0.29, 0.717) is 13.2 Å². The van der Waals surface area contributed by atoms with Crippen LogP contribution in [0.5, 0.6) is 0 Å². The van der Waals surface area contributed by atoms with E-state index < -0.39 is 8.07 Å². The molecule has 0 fully saturated rings. The lowest BCUT2D eigenvalue weighted by atomic mass is 10.1. The van der Waals surface area contributed by atoms with E-state index in [4.69, 9.17) is 9.47 Å². The highest BCUT2D eigenvalue weighted by molar-refractivity contribution is 7.31. The fraction of sp³-hybridized carbons (Fsp3) is 0.727. The molecule has 0 unspecified atom stereocenters. The van der Waals surface area contributed by atoms with Crippen LogP contribution in [0, 0.1) is 0 Å². The van der Waals surface area contributed by atoms with E-state index in [1.54, 1.807) is 0 Å². The SMILES string of the molecule is CCCCOC(=O)[Si](C(=O)OCCCC)(C1=CCCCC1)C1=CCCCC1. The molecule has 0 amide bonds. The molecule has 2 aliphatic rings. The maximum atomic E-state index is 13.5. The molecular weight excluding hydrogens is 356 g/mol. The predicted molar refractivity (Wildman–Crippen MR) is 111 cm³/mol. The summed E-state index contributed by atoms with van der Waals surface area (Å²) in [5.74, 6) is 0. The van der Waals surface area contributed by atoms with Gasteiger partial charge in [0.05, 0.1) is 13.2 Å². The van der Waals surface area contributed by atoms with Crippen LogP contribution in [0.15, 0.2) is 22.5 Å². The van der Waals surface area contributed by atoms with Crippen molar-refractivity contribution >= 4 is 19.3 Å². The van der Waals surface area contributed by atoms with E-state index in [2.05, 4.69) is 26.0 Å². The van der Waals surface area contributed by atoms with Crippen molar-refractivity contribution in [3.8, 4) is 0 Å². The van der Waals surface area contributed by atoms with Gasteiger partial charge in [-0.1, -0.05) is 49.2 Å². The zero-order chi connectivity index (χ0) is 19.5. The molecule has 4 nitrogen and oxygen atoms in total. The lowest BCUT2D eigenvalue weighted by Gasteiger charge is -2.34. The molecule has 0 saturated carbocycles. The Balaban J connectivity index is 2.43. The molecule has 0 heterocycles. The van der Waals surface area contributed by atoms with Gasteiger partial charge >= 0.3 is 8.07 Å². The normalized spacial score (nSPS) is 17.7. The van der Waals surface area contributed by atoms with Gasteiger partial charge in [-0.2, -0.15) is 0 Å². The van der Waals surface area contributed by atoms with Crippen LogP contribution in [0.25, 0.3) is 0 Å². The van der Waals surface area contributed by atoms with Gasteiger partial charge in [0, 0.05) is 0 Å². The van der Waals surface area contributed by atoms with E-state index >= 15 is 0 Å². The minimum atomic E-state index is -3.30. The smallest absolute Gasteiger partial charge is 0.362 e. The Morgan fingerprint density at radius 2 is 1.26 bits per heavy atom. The highest BCUT2D eigenvalue weighted by atomic mass is 28.3. The number of carbonyl (C=O) groups is 2. The number of unbranched alkanes of at least 4 members (excludes halogenated alkanes) is 2. The molecular formula is C22H36O4Si. The molecule has 0 radical (unpaired) electrons. The van der Waals surface area contributed by atoms with Gasteiger partial charge in [-0.3, -0.25) is 9.59 Å². The van der Waals surface area contributed by atoms with Gasteiger partial charge < -0.3 is 9.47 Å². The van der Waals surface area contributed by atoms with Crippen LogP contribution < -0.4 is 0 Å². The number of hydrogen-bond donors (Lipinski definition) is 0. The largest absolute Gasteiger partial charge is 0.469 e. The first-order valence-electron chi connectivity index (χ1n) is 10.9. The standard InChI is InChI=1S/C22H36O4Si/c1-3-5-17-25-21(23)27(19-13-9-7-10-14-19,20-15-11-8-12-16-20)22(24)26-18-6-4-2/h13,15H,3-12,14,16-18H2,1-2H3. The molecule has 0 atom stereocenters. The zero-order valence-electron chi connectivity index (χ0n) is 17.2. The molecule has 0 saturated heterocycles. The Hall–Kier alpha value is -1.36. The van der Waals surface area contributed by atoms with Crippen LogP contribution in [0.1, 0.15) is 90.9 Å². The second-order valence-electron chi connectivity index (χ2n) is 7.68. The van der Waals surface area contributed by atoms with Crippen molar-refractivity contribution in [2.45, 2.75) is 90.9 Å². The Morgan fingerprint density at radius 3 is 1.59 bits per heavy atom. The van der Waals surface area contributed by atoms with Gasteiger partial charge in [0.2, 0.25) is 0 Å².